The summed E-state index contributed by atoms with van der Waals surface area (Å²) in [6.07, 6.45) is 0. The Morgan fingerprint density at radius 1 is 1.26 bits per heavy atom. The average Bonchev–Trinajstić information content (AvgIpc) is 2.74. The minimum atomic E-state index is -0.582. The molecule has 2 aliphatic heterocycles. The molecule has 0 bridgehead atoms. The summed E-state index contributed by atoms with van der Waals surface area (Å²) in [6.45, 7) is 7.32. The first kappa shape index (κ1) is 18.1. The molecular formula is C16H17N2O3SW-. The predicted molar refractivity (Wildman–Crippen MR) is 84.2 cm³/mol. The summed E-state index contributed by atoms with van der Waals surface area (Å²) in [6, 6.07) is 7.66. The Morgan fingerprint density at radius 2 is 1.87 bits per heavy atom. The van der Waals surface area contributed by atoms with Gasteiger partial charge >= 0.3 is 0 Å². The van der Waals surface area contributed by atoms with Crippen molar-refractivity contribution in [2.24, 2.45) is 0 Å². The number of hydrogen-bond acceptors (Lipinski definition) is 4. The smallest absolute Gasteiger partial charge is 0.252 e. The van der Waals surface area contributed by atoms with Gasteiger partial charge in [0, 0.05) is 37.2 Å². The molecule has 2 aliphatic rings. The number of carbonyl (C=O) groups is 3. The van der Waals surface area contributed by atoms with Crippen LogP contribution in [0, 0.1) is 6.92 Å². The number of benzene rings is 1. The maximum absolute atomic E-state index is 12.3. The molecule has 7 heteroatoms. The number of ketones is 1. The van der Waals surface area contributed by atoms with Gasteiger partial charge in [0.15, 0.2) is 0 Å². The quantitative estimate of drug-likeness (QED) is 0.501. The van der Waals surface area contributed by atoms with Gasteiger partial charge in [-0.25, -0.2) is 0 Å². The Hall–Kier alpha value is -1.26. The first-order chi connectivity index (χ1) is 10.3. The van der Waals surface area contributed by atoms with Crippen LogP contribution in [-0.2, 0) is 30.7 Å². The summed E-state index contributed by atoms with van der Waals surface area (Å²) in [4.78, 5) is 37.8. The normalized spacial score (nSPS) is 27.5. The summed E-state index contributed by atoms with van der Waals surface area (Å²) in [5.74, 6) is -0.753. The molecule has 1 N–H and O–H groups in total. The van der Waals surface area contributed by atoms with Gasteiger partial charge in [0.25, 0.3) is 5.91 Å². The molecular weight excluding hydrogens is 484 g/mol. The van der Waals surface area contributed by atoms with Crippen LogP contribution >= 0.6 is 11.8 Å². The van der Waals surface area contributed by atoms with Crippen molar-refractivity contribution in [1.29, 1.82) is 0 Å². The third-order valence-corrected chi connectivity index (χ3v) is 5.64. The number of fused-ring (bicyclic) bond motifs is 1. The van der Waals surface area contributed by atoms with E-state index in [9.17, 15) is 14.4 Å². The van der Waals surface area contributed by atoms with E-state index >= 15 is 0 Å². The first-order valence-electron chi connectivity index (χ1n) is 7.04. The molecule has 1 aromatic carbocycles. The molecule has 2 fully saturated rings. The number of nitrogens with zero attached hydrogens (tertiary/aromatic N) is 1. The zero-order valence-electron chi connectivity index (χ0n) is 12.8. The van der Waals surface area contributed by atoms with E-state index in [0.29, 0.717) is 5.56 Å². The summed E-state index contributed by atoms with van der Waals surface area (Å²) >= 11 is 1.53. The number of nitrogens with one attached hydrogen (secondary N) is 1. The van der Waals surface area contributed by atoms with Gasteiger partial charge in [-0.3, -0.25) is 9.59 Å². The number of Topliss-reactive ketones (excluding diaryl/α,β-unsaturated/α-hetero) is 1. The second-order valence-electron chi connectivity index (χ2n) is 6.04. The van der Waals surface area contributed by atoms with Crippen molar-refractivity contribution in [2.75, 3.05) is 0 Å². The van der Waals surface area contributed by atoms with Crippen molar-refractivity contribution in [3.05, 3.63) is 42.8 Å². The minimum Gasteiger partial charge on any atom is -0.338 e. The molecule has 2 amide bonds. The second kappa shape index (κ2) is 6.33. The predicted octanol–water partition coefficient (Wildman–Crippen LogP) is 1.25. The van der Waals surface area contributed by atoms with Gasteiger partial charge in [-0.1, -0.05) is 18.2 Å². The summed E-state index contributed by atoms with van der Waals surface area (Å²) in [5.41, 5.74) is 0.515. The van der Waals surface area contributed by atoms with Crippen LogP contribution in [-0.4, -0.2) is 44.7 Å². The third kappa shape index (κ3) is 2.94. The Bertz CT molecular complexity index is 650. The van der Waals surface area contributed by atoms with E-state index in [1.165, 1.54) is 11.8 Å². The maximum atomic E-state index is 12.3. The van der Waals surface area contributed by atoms with E-state index in [4.69, 9.17) is 0 Å². The van der Waals surface area contributed by atoms with Crippen LogP contribution in [0.25, 0.3) is 0 Å². The fourth-order valence-corrected chi connectivity index (χ4v) is 4.74. The van der Waals surface area contributed by atoms with Crippen LogP contribution in [0.5, 0.6) is 0 Å². The summed E-state index contributed by atoms with van der Waals surface area (Å²) in [5, 5.41) is 2.57. The molecule has 2 saturated heterocycles. The number of carbonyl (C=O) groups excluding carboxylic acids is 3. The first-order valence-corrected chi connectivity index (χ1v) is 7.92. The Balaban J connectivity index is 0.00000192. The van der Waals surface area contributed by atoms with Crippen LogP contribution in [0.3, 0.4) is 0 Å². The maximum Gasteiger partial charge on any atom is 0.252 e. The zero-order chi connectivity index (χ0) is 16.1. The van der Waals surface area contributed by atoms with Crippen molar-refractivity contribution < 1.29 is 35.4 Å². The van der Waals surface area contributed by atoms with Crippen LogP contribution in [0.2, 0.25) is 0 Å². The van der Waals surface area contributed by atoms with Crippen molar-refractivity contribution >= 4 is 29.4 Å². The molecule has 0 aliphatic carbocycles. The monoisotopic (exact) mass is 501 g/mol. The molecule has 0 radical (unpaired) electrons. The molecule has 5 nitrogen and oxygen atoms in total. The van der Waals surface area contributed by atoms with E-state index in [-0.39, 0.29) is 44.0 Å². The molecule has 3 unspecified atom stereocenters. The molecule has 3 atom stereocenters. The number of β-lactam (4-membered cyclic amide) rings is 1. The molecule has 3 rings (SSSR count). The van der Waals surface area contributed by atoms with Gasteiger partial charge in [0.05, 0.1) is 6.04 Å². The van der Waals surface area contributed by atoms with Crippen LogP contribution in [0.4, 0.5) is 0 Å². The van der Waals surface area contributed by atoms with Crippen molar-refractivity contribution in [3.63, 3.8) is 0 Å². The van der Waals surface area contributed by atoms with Crippen LogP contribution < -0.4 is 5.32 Å². The summed E-state index contributed by atoms with van der Waals surface area (Å²) < 4.78 is -0.397. The number of rotatable bonds is 3. The van der Waals surface area contributed by atoms with Gasteiger partial charge in [-0.05, 0) is 26.0 Å². The van der Waals surface area contributed by atoms with Crippen molar-refractivity contribution in [2.45, 2.75) is 36.1 Å². The van der Waals surface area contributed by atoms with E-state index in [2.05, 4.69) is 12.2 Å². The Morgan fingerprint density at radius 3 is 2.43 bits per heavy atom. The molecule has 2 heterocycles. The van der Waals surface area contributed by atoms with Crippen LogP contribution in [0.1, 0.15) is 24.2 Å². The largest absolute Gasteiger partial charge is 0.338 e. The fraction of sp³-hybridized carbons (Fsp3) is 0.375. The topological polar surface area (TPSA) is 66.5 Å². The van der Waals surface area contributed by atoms with Crippen molar-refractivity contribution in [3.8, 4) is 0 Å². The Kier molecular flexibility index (Phi) is 4.97. The molecule has 0 aromatic heterocycles. The number of thioether (sulfide) groups is 1. The summed E-state index contributed by atoms with van der Waals surface area (Å²) in [7, 11) is 0. The van der Waals surface area contributed by atoms with Gasteiger partial charge in [-0.15, -0.1) is 11.8 Å². The van der Waals surface area contributed by atoms with E-state index in [1.807, 2.05) is 19.9 Å². The zero-order valence-corrected chi connectivity index (χ0v) is 16.6. The van der Waals surface area contributed by atoms with Crippen LogP contribution in [0.15, 0.2) is 30.3 Å². The van der Waals surface area contributed by atoms with Crippen molar-refractivity contribution in [1.82, 2.24) is 10.2 Å². The van der Waals surface area contributed by atoms with E-state index in [1.54, 1.807) is 29.2 Å². The number of amides is 2. The third-order valence-electron chi connectivity index (χ3n) is 4.07. The van der Waals surface area contributed by atoms with Gasteiger partial charge in [-0.2, -0.15) is 0 Å². The van der Waals surface area contributed by atoms with Gasteiger partial charge in [0.2, 0.25) is 5.91 Å². The second-order valence-corrected chi connectivity index (χ2v) is 7.81. The van der Waals surface area contributed by atoms with E-state index < -0.39 is 16.8 Å². The molecule has 0 spiro atoms. The molecule has 122 valence electrons. The number of hydrogen-bond donors (Lipinski definition) is 1. The van der Waals surface area contributed by atoms with Gasteiger partial charge < -0.3 is 21.9 Å². The Labute approximate surface area is 153 Å². The fourth-order valence-electron chi connectivity index (χ4n) is 3.09. The standard InChI is InChI=1S/C16H17N2O3S.W/c1-9(19)12-16(2,3)22-15-11(14(21)18(12)15)17-13(20)10-7-5-4-6-8-10;/h4-8,11-12,15H,1H2,2-3H3,(H,17,20);/q-1;. The molecule has 23 heavy (non-hydrogen) atoms. The minimum absolute atomic E-state index is 0. The SMILES string of the molecule is [CH2-]C(=O)C1N2C(=O)C(NC(=O)c3ccccc3)C2SC1(C)C.[W]. The van der Waals surface area contributed by atoms with E-state index in [0.717, 1.165) is 0 Å². The average molecular weight is 501 g/mol. The van der Waals surface area contributed by atoms with Gasteiger partial charge in [0.1, 0.15) is 11.4 Å². The molecule has 1 aromatic rings. The molecule has 0 saturated carbocycles.